The maximum atomic E-state index is 11.6. The highest BCUT2D eigenvalue weighted by Crippen LogP contribution is 2.25. The molecule has 0 aromatic carbocycles. The maximum Gasteiger partial charge on any atom is 0.250 e. The third-order valence-electron chi connectivity index (χ3n) is 1.42. The first kappa shape index (κ1) is 12.9. The predicted molar refractivity (Wildman–Crippen MR) is 70.7 cm³/mol. The fraction of sp³-hybridized carbons (Fsp3) is 0.429. The first-order valence-corrected chi connectivity index (χ1v) is 8.49. The van der Waals surface area contributed by atoms with E-state index in [0.29, 0.717) is 10.8 Å². The Kier molecular flexibility index (Phi) is 5.32. The second-order valence-corrected chi connectivity index (χ2v) is 8.03. The van der Waals surface area contributed by atoms with Crippen LogP contribution in [0.2, 0.25) is 0 Å². The molecule has 0 spiro atoms. The summed E-state index contributed by atoms with van der Waals surface area (Å²) >= 11 is 6.67. The smallest absolute Gasteiger partial charge is 0.210 e. The van der Waals surface area contributed by atoms with Crippen molar-refractivity contribution in [2.75, 3.05) is 11.0 Å². The molecule has 0 aliphatic rings. The lowest BCUT2D eigenvalue weighted by Crippen LogP contribution is -2.24. The van der Waals surface area contributed by atoms with Gasteiger partial charge in [0.25, 0.3) is 0 Å². The Morgan fingerprint density at radius 1 is 1.50 bits per heavy atom. The lowest BCUT2D eigenvalue weighted by molar-refractivity contribution is 0.583. The van der Waals surface area contributed by atoms with Gasteiger partial charge in [-0.2, -0.15) is 0 Å². The third kappa shape index (κ3) is 3.76. The van der Waals surface area contributed by atoms with Gasteiger partial charge in [0.15, 0.2) is 0 Å². The molecular weight excluding hydrogens is 401 g/mol. The molecule has 1 aromatic heterocycles. The van der Waals surface area contributed by atoms with Gasteiger partial charge < -0.3 is 0 Å². The Morgan fingerprint density at radius 3 is 2.71 bits per heavy atom. The van der Waals surface area contributed by atoms with Crippen molar-refractivity contribution in [1.29, 1.82) is 0 Å². The van der Waals surface area contributed by atoms with Gasteiger partial charge in [0, 0.05) is 11.0 Å². The van der Waals surface area contributed by atoms with Crippen LogP contribution >= 0.6 is 49.9 Å². The molecule has 0 unspecified atom stereocenters. The summed E-state index contributed by atoms with van der Waals surface area (Å²) in [5.41, 5.74) is 0. The van der Waals surface area contributed by atoms with Crippen molar-refractivity contribution >= 4 is 59.9 Å². The summed E-state index contributed by atoms with van der Waals surface area (Å²) in [5.74, 6) is 0. The average Bonchev–Trinajstić information content (AvgIpc) is 2.53. The molecule has 1 N–H and O–H groups in total. The van der Waals surface area contributed by atoms with Crippen LogP contribution in [0.5, 0.6) is 0 Å². The highest BCUT2D eigenvalue weighted by atomic mass is 127. The Hall–Kier alpha value is 0.820. The zero-order valence-electron chi connectivity index (χ0n) is 7.16. The Bertz CT molecular complexity index is 390. The summed E-state index contributed by atoms with van der Waals surface area (Å²) in [4.78, 5) is 0. The van der Waals surface area contributed by atoms with Crippen LogP contribution in [0.3, 0.4) is 0 Å². The first-order chi connectivity index (χ1) is 6.56. The number of rotatable bonds is 5. The molecule has 80 valence electrons. The molecule has 7 heteroatoms. The van der Waals surface area contributed by atoms with Crippen LogP contribution in [0.25, 0.3) is 0 Å². The molecule has 14 heavy (non-hydrogen) atoms. The Morgan fingerprint density at radius 2 is 2.21 bits per heavy atom. The molecule has 0 radical (unpaired) electrons. The molecule has 1 aromatic rings. The van der Waals surface area contributed by atoms with Crippen molar-refractivity contribution in [3.63, 3.8) is 0 Å². The molecule has 0 saturated heterocycles. The second kappa shape index (κ2) is 5.78. The van der Waals surface area contributed by atoms with Gasteiger partial charge in [0.2, 0.25) is 10.0 Å². The van der Waals surface area contributed by atoms with Crippen molar-refractivity contribution in [3.8, 4) is 0 Å². The van der Waals surface area contributed by atoms with E-state index >= 15 is 0 Å². The van der Waals surface area contributed by atoms with Crippen LogP contribution in [0.15, 0.2) is 20.1 Å². The first-order valence-electron chi connectivity index (χ1n) is 3.87. The number of sulfonamides is 1. The van der Waals surface area contributed by atoms with Gasteiger partial charge in [-0.25, -0.2) is 13.1 Å². The van der Waals surface area contributed by atoms with E-state index in [4.69, 9.17) is 0 Å². The van der Waals surface area contributed by atoms with E-state index < -0.39 is 10.0 Å². The van der Waals surface area contributed by atoms with Crippen molar-refractivity contribution < 1.29 is 8.42 Å². The molecule has 3 nitrogen and oxygen atoms in total. The number of alkyl halides is 1. The highest BCUT2D eigenvalue weighted by Gasteiger charge is 2.14. The maximum absolute atomic E-state index is 11.6. The SMILES string of the molecule is O=S(=O)(NCCCI)c1ccc(Br)s1. The molecular formula is C7H9BrINO2S2. The van der Waals surface area contributed by atoms with Gasteiger partial charge in [-0.1, -0.05) is 22.6 Å². The van der Waals surface area contributed by atoms with Crippen molar-refractivity contribution in [2.24, 2.45) is 0 Å². The van der Waals surface area contributed by atoms with Crippen LogP contribution < -0.4 is 4.72 Å². The fourth-order valence-corrected chi connectivity index (χ4v) is 4.30. The van der Waals surface area contributed by atoms with Gasteiger partial charge in [-0.05, 0) is 34.5 Å². The topological polar surface area (TPSA) is 46.2 Å². The van der Waals surface area contributed by atoms with E-state index in [1.165, 1.54) is 11.3 Å². The van der Waals surface area contributed by atoms with Crippen LogP contribution in [-0.4, -0.2) is 19.4 Å². The molecule has 0 bridgehead atoms. The minimum Gasteiger partial charge on any atom is -0.210 e. The molecule has 0 saturated carbocycles. The molecule has 1 heterocycles. The zero-order valence-corrected chi connectivity index (χ0v) is 12.5. The van der Waals surface area contributed by atoms with Gasteiger partial charge in [-0.15, -0.1) is 11.3 Å². The van der Waals surface area contributed by atoms with E-state index in [0.717, 1.165) is 14.6 Å². The molecule has 0 aliphatic heterocycles. The number of hydrogen-bond acceptors (Lipinski definition) is 3. The number of halogens is 2. The van der Waals surface area contributed by atoms with E-state index in [-0.39, 0.29) is 0 Å². The average molecular weight is 410 g/mol. The molecule has 0 amide bonds. The van der Waals surface area contributed by atoms with Crippen LogP contribution in [0.4, 0.5) is 0 Å². The Labute approximate surface area is 110 Å². The summed E-state index contributed by atoms with van der Waals surface area (Å²) in [5, 5.41) is 0. The predicted octanol–water partition coefficient (Wildman–Crippen LogP) is 2.61. The van der Waals surface area contributed by atoms with E-state index in [1.807, 2.05) is 0 Å². The van der Waals surface area contributed by atoms with Gasteiger partial charge in [-0.3, -0.25) is 0 Å². The lowest BCUT2D eigenvalue weighted by Gasteiger charge is -2.02. The largest absolute Gasteiger partial charge is 0.250 e. The molecule has 0 fully saturated rings. The van der Waals surface area contributed by atoms with Crippen molar-refractivity contribution in [2.45, 2.75) is 10.6 Å². The van der Waals surface area contributed by atoms with E-state index in [1.54, 1.807) is 12.1 Å². The van der Waals surface area contributed by atoms with E-state index in [2.05, 4.69) is 43.2 Å². The summed E-state index contributed by atoms with van der Waals surface area (Å²) in [6.45, 7) is 0.501. The lowest BCUT2D eigenvalue weighted by atomic mass is 10.5. The standard InChI is InChI=1S/C7H9BrINO2S2/c8-6-2-3-7(13-6)14(11,12)10-5-1-4-9/h2-3,10H,1,4-5H2. The van der Waals surface area contributed by atoms with Gasteiger partial charge >= 0.3 is 0 Å². The summed E-state index contributed by atoms with van der Waals surface area (Å²) < 4.78 is 27.9. The quantitative estimate of drug-likeness (QED) is 0.461. The number of nitrogens with one attached hydrogen (secondary N) is 1. The van der Waals surface area contributed by atoms with Crippen LogP contribution in [0.1, 0.15) is 6.42 Å². The number of hydrogen-bond donors (Lipinski definition) is 1. The summed E-state index contributed by atoms with van der Waals surface area (Å²) in [6, 6.07) is 3.33. The molecule has 1 rings (SSSR count). The minimum atomic E-state index is -3.28. The van der Waals surface area contributed by atoms with Gasteiger partial charge in [0.1, 0.15) is 4.21 Å². The Balaban J connectivity index is 2.66. The monoisotopic (exact) mass is 409 g/mol. The normalized spacial score (nSPS) is 11.9. The summed E-state index contributed by atoms with van der Waals surface area (Å²) in [7, 11) is -3.28. The zero-order chi connectivity index (χ0) is 10.6. The molecule has 0 atom stereocenters. The van der Waals surface area contributed by atoms with Crippen LogP contribution in [0, 0.1) is 0 Å². The number of thiophene rings is 1. The minimum absolute atomic E-state index is 0.359. The third-order valence-corrected chi connectivity index (χ3v) is 5.76. The highest BCUT2D eigenvalue weighted by molar-refractivity contribution is 14.1. The fourth-order valence-electron chi connectivity index (χ4n) is 0.787. The van der Waals surface area contributed by atoms with Crippen molar-refractivity contribution in [1.82, 2.24) is 4.72 Å². The van der Waals surface area contributed by atoms with Crippen molar-refractivity contribution in [3.05, 3.63) is 15.9 Å². The summed E-state index contributed by atoms with van der Waals surface area (Å²) in [6.07, 6.45) is 0.854. The molecule has 0 aliphatic carbocycles. The van der Waals surface area contributed by atoms with Crippen LogP contribution in [-0.2, 0) is 10.0 Å². The van der Waals surface area contributed by atoms with E-state index in [9.17, 15) is 8.42 Å². The van der Waals surface area contributed by atoms with Gasteiger partial charge in [0.05, 0.1) is 3.79 Å². The second-order valence-electron chi connectivity index (χ2n) is 2.50.